The first-order valence-electron chi connectivity index (χ1n) is 11.7. The van der Waals surface area contributed by atoms with Crippen LogP contribution in [0.2, 0.25) is 0 Å². The van der Waals surface area contributed by atoms with Crippen molar-refractivity contribution in [2.24, 2.45) is 5.10 Å². The van der Waals surface area contributed by atoms with Crippen LogP contribution in [0.5, 0.6) is 5.75 Å². The van der Waals surface area contributed by atoms with E-state index in [9.17, 15) is 4.79 Å². The molecule has 0 unspecified atom stereocenters. The van der Waals surface area contributed by atoms with Crippen molar-refractivity contribution < 1.29 is 13.9 Å². The van der Waals surface area contributed by atoms with E-state index in [2.05, 4.69) is 35.7 Å². The zero-order valence-corrected chi connectivity index (χ0v) is 19.5. The minimum atomic E-state index is -0.553. The summed E-state index contributed by atoms with van der Waals surface area (Å²) in [7, 11) is 0. The van der Waals surface area contributed by atoms with Crippen molar-refractivity contribution in [3.63, 3.8) is 0 Å². The van der Waals surface area contributed by atoms with E-state index in [4.69, 9.17) is 9.15 Å². The van der Waals surface area contributed by atoms with Gasteiger partial charge in [-0.1, -0.05) is 18.2 Å². The normalized spacial score (nSPS) is 13.5. The van der Waals surface area contributed by atoms with Crippen LogP contribution in [0.25, 0.3) is 0 Å². The SMILES string of the molecule is O=C(Oc1ccc(/C=N\Nc2nc(Nc3ccccc3)nc(N3CCCCC3)n2)cc1)c1ccco1. The summed E-state index contributed by atoms with van der Waals surface area (Å²) >= 11 is 0. The average Bonchev–Trinajstić information content (AvgIpc) is 3.46. The van der Waals surface area contributed by atoms with Crippen molar-refractivity contribution in [3.8, 4) is 5.75 Å². The van der Waals surface area contributed by atoms with E-state index < -0.39 is 5.97 Å². The maximum absolute atomic E-state index is 12.0. The van der Waals surface area contributed by atoms with E-state index in [1.165, 1.54) is 12.7 Å². The molecular weight excluding hydrogens is 458 g/mol. The number of carbonyl (C=O) groups excluding carboxylic acids is 1. The first-order chi connectivity index (χ1) is 17.7. The minimum Gasteiger partial charge on any atom is -0.457 e. The first-order valence-corrected chi connectivity index (χ1v) is 11.7. The molecule has 2 N–H and O–H groups in total. The summed E-state index contributed by atoms with van der Waals surface area (Å²) in [6.45, 7) is 1.82. The fourth-order valence-electron chi connectivity index (χ4n) is 3.70. The van der Waals surface area contributed by atoms with Gasteiger partial charge in [0.05, 0.1) is 12.5 Å². The quantitative estimate of drug-likeness (QED) is 0.157. The maximum atomic E-state index is 12.0. The number of benzene rings is 2. The van der Waals surface area contributed by atoms with Gasteiger partial charge in [-0.25, -0.2) is 10.2 Å². The lowest BCUT2D eigenvalue weighted by Crippen LogP contribution is -2.31. The van der Waals surface area contributed by atoms with Crippen LogP contribution in [0, 0.1) is 0 Å². The van der Waals surface area contributed by atoms with Gasteiger partial charge in [-0.2, -0.15) is 20.1 Å². The molecule has 36 heavy (non-hydrogen) atoms. The highest BCUT2D eigenvalue weighted by molar-refractivity contribution is 5.88. The Bertz CT molecular complexity index is 1300. The van der Waals surface area contributed by atoms with Crippen LogP contribution < -0.4 is 20.4 Å². The number of anilines is 4. The summed E-state index contributed by atoms with van der Waals surface area (Å²) in [5, 5.41) is 7.52. The molecule has 0 amide bonds. The van der Waals surface area contributed by atoms with Crippen molar-refractivity contribution in [3.05, 3.63) is 84.3 Å². The molecule has 0 bridgehead atoms. The first kappa shape index (κ1) is 23.0. The predicted octanol–water partition coefficient (Wildman–Crippen LogP) is 4.86. The van der Waals surface area contributed by atoms with Gasteiger partial charge in [0.1, 0.15) is 5.75 Å². The number of hydrogen-bond donors (Lipinski definition) is 2. The lowest BCUT2D eigenvalue weighted by Gasteiger charge is -2.26. The van der Waals surface area contributed by atoms with E-state index in [1.807, 2.05) is 30.3 Å². The molecular formula is C26H25N7O3. The fraction of sp³-hybridized carbons (Fsp3) is 0.192. The van der Waals surface area contributed by atoms with E-state index in [0.717, 1.165) is 37.2 Å². The number of esters is 1. The predicted molar refractivity (Wildman–Crippen MR) is 137 cm³/mol. The molecule has 182 valence electrons. The van der Waals surface area contributed by atoms with Gasteiger partial charge >= 0.3 is 5.97 Å². The zero-order valence-electron chi connectivity index (χ0n) is 19.5. The van der Waals surface area contributed by atoms with Crippen LogP contribution in [0.15, 0.2) is 82.5 Å². The molecule has 0 radical (unpaired) electrons. The van der Waals surface area contributed by atoms with Crippen LogP contribution in [0.1, 0.15) is 35.4 Å². The minimum absolute atomic E-state index is 0.146. The summed E-state index contributed by atoms with van der Waals surface area (Å²) in [4.78, 5) is 27.8. The second kappa shape index (κ2) is 11.1. The largest absolute Gasteiger partial charge is 0.457 e. The summed E-state index contributed by atoms with van der Waals surface area (Å²) < 4.78 is 10.3. The van der Waals surface area contributed by atoms with Gasteiger partial charge < -0.3 is 19.4 Å². The fourth-order valence-corrected chi connectivity index (χ4v) is 3.70. The molecule has 0 saturated carbocycles. The van der Waals surface area contributed by atoms with Crippen molar-refractivity contribution in [1.82, 2.24) is 15.0 Å². The Morgan fingerprint density at radius 1 is 0.917 bits per heavy atom. The van der Waals surface area contributed by atoms with Gasteiger partial charge in [-0.15, -0.1) is 0 Å². The molecule has 1 fully saturated rings. The Kier molecular flexibility index (Phi) is 7.12. The maximum Gasteiger partial charge on any atom is 0.379 e. The molecule has 1 aliphatic rings. The number of carbonyl (C=O) groups is 1. The molecule has 2 aromatic carbocycles. The smallest absolute Gasteiger partial charge is 0.379 e. The van der Waals surface area contributed by atoms with E-state index in [0.29, 0.717) is 23.6 Å². The molecule has 0 spiro atoms. The average molecular weight is 484 g/mol. The number of ether oxygens (including phenoxy) is 1. The number of aromatic nitrogens is 3. The Balaban J connectivity index is 1.27. The van der Waals surface area contributed by atoms with Gasteiger partial charge in [0, 0.05) is 18.8 Å². The van der Waals surface area contributed by atoms with Gasteiger partial charge in [-0.3, -0.25) is 0 Å². The number of hydrazone groups is 1. The summed E-state index contributed by atoms with van der Waals surface area (Å²) in [6, 6.07) is 19.9. The molecule has 10 heteroatoms. The highest BCUT2D eigenvalue weighted by Gasteiger charge is 2.16. The Hall–Kier alpha value is -4.73. The van der Waals surface area contributed by atoms with Gasteiger partial charge in [0.15, 0.2) is 0 Å². The van der Waals surface area contributed by atoms with Crippen LogP contribution in [0.4, 0.5) is 23.5 Å². The molecule has 2 aromatic heterocycles. The molecule has 4 aromatic rings. The zero-order chi connectivity index (χ0) is 24.6. The molecule has 0 aliphatic carbocycles. The number of nitrogens with one attached hydrogen (secondary N) is 2. The number of furan rings is 1. The lowest BCUT2D eigenvalue weighted by atomic mass is 10.1. The number of hydrogen-bond acceptors (Lipinski definition) is 10. The van der Waals surface area contributed by atoms with Crippen molar-refractivity contribution in [2.75, 3.05) is 28.7 Å². The van der Waals surface area contributed by atoms with Crippen LogP contribution in [-0.2, 0) is 0 Å². The Morgan fingerprint density at radius 2 is 1.69 bits per heavy atom. The highest BCUT2D eigenvalue weighted by atomic mass is 16.5. The number of nitrogens with zero attached hydrogens (tertiary/aromatic N) is 5. The summed E-state index contributed by atoms with van der Waals surface area (Å²) in [5.41, 5.74) is 4.59. The van der Waals surface area contributed by atoms with E-state index in [-0.39, 0.29) is 5.76 Å². The Morgan fingerprint density at radius 3 is 2.44 bits per heavy atom. The van der Waals surface area contributed by atoms with E-state index >= 15 is 0 Å². The highest BCUT2D eigenvalue weighted by Crippen LogP contribution is 2.21. The molecule has 5 rings (SSSR count). The van der Waals surface area contributed by atoms with Crippen LogP contribution in [-0.4, -0.2) is 40.2 Å². The van der Waals surface area contributed by atoms with Gasteiger partial charge in [-0.05, 0) is 73.4 Å². The standard InChI is InChI=1S/C26H25N7O3/c34-23(22-10-7-17-35-22)36-21-13-11-19(12-14-21)18-27-32-25-29-24(28-20-8-3-1-4-9-20)30-26(31-25)33-15-5-2-6-16-33/h1,3-4,7-14,17-18H,2,5-6,15-16H2,(H2,28,29,30,31,32)/b27-18-. The van der Waals surface area contributed by atoms with Crippen molar-refractivity contribution >= 4 is 35.7 Å². The third kappa shape index (κ3) is 6.03. The monoisotopic (exact) mass is 483 g/mol. The second-order valence-electron chi connectivity index (χ2n) is 8.13. The number of rotatable bonds is 8. The summed E-state index contributed by atoms with van der Waals surface area (Å²) in [5.74, 6) is 1.39. The molecule has 10 nitrogen and oxygen atoms in total. The number of piperidine rings is 1. The second-order valence-corrected chi connectivity index (χ2v) is 8.13. The third-order valence-electron chi connectivity index (χ3n) is 5.48. The summed E-state index contributed by atoms with van der Waals surface area (Å²) in [6.07, 6.45) is 6.49. The third-order valence-corrected chi connectivity index (χ3v) is 5.48. The van der Waals surface area contributed by atoms with Crippen LogP contribution >= 0.6 is 0 Å². The number of para-hydroxylation sites is 1. The molecule has 0 atom stereocenters. The molecule has 3 heterocycles. The van der Waals surface area contributed by atoms with Gasteiger partial charge in [0.25, 0.3) is 0 Å². The molecule has 1 saturated heterocycles. The van der Waals surface area contributed by atoms with Crippen molar-refractivity contribution in [2.45, 2.75) is 19.3 Å². The van der Waals surface area contributed by atoms with Crippen LogP contribution in [0.3, 0.4) is 0 Å². The Labute approximate surface area is 208 Å². The topological polar surface area (TPSA) is 118 Å². The lowest BCUT2D eigenvalue weighted by molar-refractivity contribution is 0.0701. The van der Waals surface area contributed by atoms with E-state index in [1.54, 1.807) is 42.6 Å². The van der Waals surface area contributed by atoms with Gasteiger partial charge in [0.2, 0.25) is 23.6 Å². The van der Waals surface area contributed by atoms with Crippen molar-refractivity contribution in [1.29, 1.82) is 0 Å². The molecule has 1 aliphatic heterocycles.